The number of halogens is 1. The van der Waals surface area contributed by atoms with Crippen LogP contribution in [-0.2, 0) is 44.0 Å². The third-order valence-electron chi connectivity index (χ3n) is 5.72. The standard InChI is InChI=1S/C25H34FN6O10P/c1-14(27)18-15(42-20(19(18)26)32-9-8-16(33)28-23(32)36)10-31-11-17(29-30-31)43(37,40-12-38-21(34)24(2,3)4)41-13-39-22(35)25(5,6)7/h8-9,11,19-20H,1,10,12-13,27H2,2-7H3,(H,28,33,36)/t19?,20-/m1/s1. The van der Waals surface area contributed by atoms with Crippen molar-refractivity contribution in [3.05, 3.63) is 62.9 Å². The highest BCUT2D eigenvalue weighted by Gasteiger charge is 2.40. The van der Waals surface area contributed by atoms with Gasteiger partial charge >= 0.3 is 25.2 Å². The molecular weight excluding hydrogens is 594 g/mol. The van der Waals surface area contributed by atoms with Crippen LogP contribution in [0.15, 0.2) is 51.7 Å². The number of esters is 2. The Morgan fingerprint density at radius 2 is 1.67 bits per heavy atom. The lowest BCUT2D eigenvalue weighted by atomic mass is 9.98. The number of hydrogen-bond acceptors (Lipinski definition) is 13. The summed E-state index contributed by atoms with van der Waals surface area (Å²) in [5.41, 5.74) is 1.70. The number of aromatic amines is 1. The number of H-pyrrole nitrogens is 1. The zero-order valence-electron chi connectivity index (χ0n) is 24.5. The molecule has 3 rings (SSSR count). The predicted molar refractivity (Wildman–Crippen MR) is 147 cm³/mol. The van der Waals surface area contributed by atoms with Gasteiger partial charge in [-0.05, 0) is 41.5 Å². The van der Waals surface area contributed by atoms with Gasteiger partial charge in [-0.1, -0.05) is 11.8 Å². The maximum atomic E-state index is 15.4. The molecule has 1 aliphatic heterocycles. The molecular formula is C25H34FN6O10P. The molecule has 0 bridgehead atoms. The summed E-state index contributed by atoms with van der Waals surface area (Å²) in [4.78, 5) is 49.9. The number of nitrogens with one attached hydrogen (secondary N) is 1. The van der Waals surface area contributed by atoms with Crippen LogP contribution in [-0.4, -0.2) is 56.2 Å². The van der Waals surface area contributed by atoms with E-state index in [1.807, 2.05) is 4.98 Å². The van der Waals surface area contributed by atoms with Crippen LogP contribution in [0.5, 0.6) is 0 Å². The van der Waals surface area contributed by atoms with Gasteiger partial charge in [-0.3, -0.25) is 37.5 Å². The molecule has 0 spiro atoms. The molecule has 236 valence electrons. The van der Waals surface area contributed by atoms with Crippen LogP contribution in [0.2, 0.25) is 0 Å². The fourth-order valence-corrected chi connectivity index (χ4v) is 4.55. The molecule has 0 saturated carbocycles. The summed E-state index contributed by atoms with van der Waals surface area (Å²) in [6, 6.07) is 1.02. The average molecular weight is 629 g/mol. The van der Waals surface area contributed by atoms with E-state index < -0.39 is 67.6 Å². The molecule has 43 heavy (non-hydrogen) atoms. The Bertz CT molecular complexity index is 1550. The average Bonchev–Trinajstić information content (AvgIpc) is 3.47. The predicted octanol–water partition coefficient (Wildman–Crippen LogP) is 1.37. The smallest absolute Gasteiger partial charge is 0.388 e. The van der Waals surface area contributed by atoms with Crippen LogP contribution >= 0.6 is 7.60 Å². The molecule has 18 heteroatoms. The maximum Gasteiger partial charge on any atom is 0.388 e. The lowest BCUT2D eigenvalue weighted by molar-refractivity contribution is -0.161. The molecule has 0 amide bonds. The largest absolute Gasteiger partial charge is 0.468 e. The van der Waals surface area contributed by atoms with Crippen LogP contribution in [0.25, 0.3) is 0 Å². The molecule has 2 aromatic rings. The Labute approximate surface area is 245 Å². The minimum atomic E-state index is -4.43. The third-order valence-corrected chi connectivity index (χ3v) is 7.38. The Balaban J connectivity index is 1.84. The van der Waals surface area contributed by atoms with E-state index in [9.17, 15) is 23.7 Å². The van der Waals surface area contributed by atoms with Crippen molar-refractivity contribution in [3.63, 3.8) is 0 Å². The summed E-state index contributed by atoms with van der Waals surface area (Å²) in [6.07, 6.45) is -1.29. The van der Waals surface area contributed by atoms with Gasteiger partial charge in [0.05, 0.1) is 22.6 Å². The van der Waals surface area contributed by atoms with Crippen LogP contribution in [0.3, 0.4) is 0 Å². The SMILES string of the molecule is C=C(N)C1=C(Cn2cc(P(=O)(OCOC(=O)C(C)(C)C)OCOC(=O)C(C)(C)C)nn2)O[C@@H](n2ccc(=O)[nH]c2=O)C1F. The normalized spacial score (nSPS) is 17.5. The number of nitrogens with zero attached hydrogens (tertiary/aromatic N) is 4. The Morgan fingerprint density at radius 3 is 2.16 bits per heavy atom. The Morgan fingerprint density at radius 1 is 1.12 bits per heavy atom. The fraction of sp³-hybridized carbons (Fsp3) is 0.520. The summed E-state index contributed by atoms with van der Waals surface area (Å²) >= 11 is 0. The second-order valence-electron chi connectivity index (χ2n) is 11.4. The van der Waals surface area contributed by atoms with Gasteiger partial charge in [0.1, 0.15) is 12.3 Å². The lowest BCUT2D eigenvalue weighted by Crippen LogP contribution is -2.34. The quantitative estimate of drug-likeness (QED) is 0.205. The first-order valence-corrected chi connectivity index (χ1v) is 14.3. The summed E-state index contributed by atoms with van der Waals surface area (Å²) in [6.45, 7) is 11.3. The number of rotatable bonds is 11. The van der Waals surface area contributed by atoms with E-state index in [0.717, 1.165) is 27.7 Å². The molecule has 1 unspecified atom stereocenters. The van der Waals surface area contributed by atoms with Gasteiger partial charge in [0, 0.05) is 18.0 Å². The Hall–Kier alpha value is -4.08. The van der Waals surface area contributed by atoms with Crippen molar-refractivity contribution in [3.8, 4) is 0 Å². The van der Waals surface area contributed by atoms with Crippen LogP contribution < -0.4 is 22.4 Å². The van der Waals surface area contributed by atoms with E-state index in [-0.39, 0.29) is 29.0 Å². The first-order valence-electron chi connectivity index (χ1n) is 12.8. The molecule has 2 aromatic heterocycles. The summed E-state index contributed by atoms with van der Waals surface area (Å²) in [5, 5.41) is 7.66. The van der Waals surface area contributed by atoms with Gasteiger partial charge in [-0.15, -0.1) is 5.10 Å². The molecule has 0 saturated heterocycles. The van der Waals surface area contributed by atoms with Crippen LogP contribution in [0, 0.1) is 10.8 Å². The number of carbonyl (C=O) groups is 2. The van der Waals surface area contributed by atoms with Crippen molar-refractivity contribution in [1.29, 1.82) is 0 Å². The van der Waals surface area contributed by atoms with Gasteiger partial charge < -0.3 is 19.9 Å². The molecule has 0 radical (unpaired) electrons. The van der Waals surface area contributed by atoms with Gasteiger partial charge in [0.15, 0.2) is 11.6 Å². The van der Waals surface area contributed by atoms with Crippen molar-refractivity contribution in [1.82, 2.24) is 24.5 Å². The minimum absolute atomic E-state index is 0.0885. The zero-order valence-corrected chi connectivity index (χ0v) is 25.4. The zero-order chi connectivity index (χ0) is 32.3. The van der Waals surface area contributed by atoms with Crippen molar-refractivity contribution >= 4 is 25.0 Å². The Kier molecular flexibility index (Phi) is 9.83. The molecule has 3 heterocycles. The van der Waals surface area contributed by atoms with Crippen molar-refractivity contribution in [2.75, 3.05) is 13.6 Å². The topological polar surface area (TPSA) is 209 Å². The number of alkyl halides is 1. The molecule has 16 nitrogen and oxygen atoms in total. The van der Waals surface area contributed by atoms with Crippen molar-refractivity contribution < 1.29 is 41.8 Å². The number of aromatic nitrogens is 5. The first kappa shape index (κ1) is 33.4. The third kappa shape index (κ3) is 8.06. The number of hydrogen-bond donors (Lipinski definition) is 2. The molecule has 0 aromatic carbocycles. The highest BCUT2D eigenvalue weighted by atomic mass is 31.2. The second-order valence-corrected chi connectivity index (χ2v) is 13.4. The van der Waals surface area contributed by atoms with E-state index in [4.69, 9.17) is 29.0 Å². The lowest BCUT2D eigenvalue weighted by Gasteiger charge is -2.20. The summed E-state index contributed by atoms with van der Waals surface area (Å²) in [7, 11) is -4.43. The number of ether oxygens (including phenoxy) is 3. The summed E-state index contributed by atoms with van der Waals surface area (Å²) in [5.74, 6) is -1.40. The van der Waals surface area contributed by atoms with E-state index in [1.54, 1.807) is 41.5 Å². The monoisotopic (exact) mass is 628 g/mol. The van der Waals surface area contributed by atoms with E-state index in [2.05, 4.69) is 16.9 Å². The van der Waals surface area contributed by atoms with Gasteiger partial charge in [0.25, 0.3) is 5.56 Å². The van der Waals surface area contributed by atoms with Gasteiger partial charge in [-0.2, -0.15) is 0 Å². The van der Waals surface area contributed by atoms with Crippen molar-refractivity contribution in [2.45, 2.75) is 60.5 Å². The first-order chi connectivity index (χ1) is 19.8. The van der Waals surface area contributed by atoms with Crippen molar-refractivity contribution in [2.24, 2.45) is 16.6 Å². The maximum absolute atomic E-state index is 15.4. The van der Waals surface area contributed by atoms with E-state index in [1.165, 1.54) is 0 Å². The highest BCUT2D eigenvalue weighted by molar-refractivity contribution is 7.61. The molecule has 0 aliphatic carbocycles. The highest BCUT2D eigenvalue weighted by Crippen LogP contribution is 2.46. The molecule has 0 fully saturated rings. The second kappa shape index (κ2) is 12.7. The van der Waals surface area contributed by atoms with Crippen LogP contribution in [0.1, 0.15) is 47.8 Å². The number of nitrogens with two attached hydrogens (primary N) is 1. The number of carbonyl (C=O) groups excluding carboxylic acids is 2. The molecule has 2 atom stereocenters. The minimum Gasteiger partial charge on any atom is -0.468 e. The number of allylic oxidation sites excluding steroid dienone is 2. The summed E-state index contributed by atoms with van der Waals surface area (Å²) < 4.78 is 57.3. The molecule has 1 aliphatic rings. The van der Waals surface area contributed by atoms with E-state index in [0.29, 0.717) is 0 Å². The fourth-order valence-electron chi connectivity index (χ4n) is 3.41. The van der Waals surface area contributed by atoms with Gasteiger partial charge in [0.2, 0.25) is 19.8 Å². The van der Waals surface area contributed by atoms with E-state index >= 15 is 4.39 Å². The molecule has 3 N–H and O–H groups in total. The van der Waals surface area contributed by atoms with Gasteiger partial charge in [-0.25, -0.2) is 13.9 Å². The van der Waals surface area contributed by atoms with Crippen LogP contribution in [0.4, 0.5) is 4.39 Å².